The molecule has 1 fully saturated rings. The van der Waals surface area contributed by atoms with Crippen LogP contribution in [-0.4, -0.2) is 42.2 Å². The Bertz CT molecular complexity index is 753. The SMILES string of the molecule is O=C(Nc1ccc2cn[nH]c2c1)NC1CCS(=O)(=O)C1. The van der Waals surface area contributed by atoms with Crippen LogP contribution < -0.4 is 10.6 Å². The molecule has 20 heavy (non-hydrogen) atoms. The Labute approximate surface area is 115 Å². The van der Waals surface area contributed by atoms with Gasteiger partial charge in [0.15, 0.2) is 9.84 Å². The first-order chi connectivity index (χ1) is 9.52. The molecular weight excluding hydrogens is 280 g/mol. The van der Waals surface area contributed by atoms with E-state index >= 15 is 0 Å². The van der Waals surface area contributed by atoms with Crippen LogP contribution >= 0.6 is 0 Å². The van der Waals surface area contributed by atoms with Crippen LogP contribution in [-0.2, 0) is 9.84 Å². The van der Waals surface area contributed by atoms with Gasteiger partial charge in [0.2, 0.25) is 0 Å². The molecule has 3 N–H and O–H groups in total. The van der Waals surface area contributed by atoms with Gasteiger partial charge >= 0.3 is 6.03 Å². The Morgan fingerprint density at radius 3 is 3.00 bits per heavy atom. The molecule has 3 rings (SSSR count). The zero-order valence-corrected chi connectivity index (χ0v) is 11.4. The first kappa shape index (κ1) is 12.9. The Kier molecular flexibility index (Phi) is 3.09. The summed E-state index contributed by atoms with van der Waals surface area (Å²) < 4.78 is 22.6. The molecule has 106 valence electrons. The number of carbonyl (C=O) groups excluding carboxylic acids is 1. The number of amides is 2. The summed E-state index contributed by atoms with van der Waals surface area (Å²) in [6.07, 6.45) is 2.16. The van der Waals surface area contributed by atoms with Crippen LogP contribution in [0.3, 0.4) is 0 Å². The Morgan fingerprint density at radius 2 is 2.25 bits per heavy atom. The summed E-state index contributed by atoms with van der Waals surface area (Å²) in [6, 6.07) is 4.67. The molecule has 2 heterocycles. The van der Waals surface area contributed by atoms with Crippen LogP contribution in [0.5, 0.6) is 0 Å². The molecule has 1 atom stereocenters. The summed E-state index contributed by atoms with van der Waals surface area (Å²) in [6.45, 7) is 0. The second-order valence-electron chi connectivity index (χ2n) is 4.87. The molecule has 1 saturated heterocycles. The number of urea groups is 1. The third kappa shape index (κ3) is 2.74. The largest absolute Gasteiger partial charge is 0.334 e. The van der Waals surface area contributed by atoms with Crippen LogP contribution in [0.4, 0.5) is 10.5 Å². The quantitative estimate of drug-likeness (QED) is 0.764. The minimum Gasteiger partial charge on any atom is -0.334 e. The first-order valence-corrected chi connectivity index (χ1v) is 8.05. The number of sulfone groups is 1. The lowest BCUT2D eigenvalue weighted by atomic mass is 10.2. The van der Waals surface area contributed by atoms with Gasteiger partial charge in [0.05, 0.1) is 23.2 Å². The predicted octanol–water partition coefficient (Wildman–Crippen LogP) is 0.872. The summed E-state index contributed by atoms with van der Waals surface area (Å²) in [5.41, 5.74) is 1.45. The third-order valence-electron chi connectivity index (χ3n) is 3.27. The highest BCUT2D eigenvalue weighted by Crippen LogP contribution is 2.17. The zero-order chi connectivity index (χ0) is 14.2. The number of aromatic amines is 1. The van der Waals surface area contributed by atoms with Gasteiger partial charge < -0.3 is 10.6 Å². The molecule has 0 bridgehead atoms. The van der Waals surface area contributed by atoms with Gasteiger partial charge in [0.1, 0.15) is 0 Å². The van der Waals surface area contributed by atoms with Crippen molar-refractivity contribution in [1.29, 1.82) is 0 Å². The van der Waals surface area contributed by atoms with Crippen LogP contribution in [0.25, 0.3) is 10.9 Å². The second kappa shape index (κ2) is 4.78. The van der Waals surface area contributed by atoms with Crippen LogP contribution in [0.1, 0.15) is 6.42 Å². The number of hydrogen-bond donors (Lipinski definition) is 3. The minimum atomic E-state index is -2.99. The fourth-order valence-corrected chi connectivity index (χ4v) is 3.95. The van der Waals surface area contributed by atoms with E-state index in [0.717, 1.165) is 10.9 Å². The Balaban J connectivity index is 1.64. The van der Waals surface area contributed by atoms with Crippen molar-refractivity contribution in [2.75, 3.05) is 16.8 Å². The molecule has 1 unspecified atom stereocenters. The van der Waals surface area contributed by atoms with Crippen LogP contribution in [0.15, 0.2) is 24.4 Å². The van der Waals surface area contributed by atoms with E-state index in [1.54, 1.807) is 18.3 Å². The van der Waals surface area contributed by atoms with Gasteiger partial charge in [-0.15, -0.1) is 0 Å². The van der Waals surface area contributed by atoms with E-state index < -0.39 is 15.9 Å². The number of anilines is 1. The summed E-state index contributed by atoms with van der Waals surface area (Å²) in [4.78, 5) is 11.8. The van der Waals surface area contributed by atoms with Gasteiger partial charge in [-0.3, -0.25) is 5.10 Å². The smallest absolute Gasteiger partial charge is 0.319 e. The first-order valence-electron chi connectivity index (χ1n) is 6.23. The van der Waals surface area contributed by atoms with Gasteiger partial charge in [0.25, 0.3) is 0 Å². The van der Waals surface area contributed by atoms with Gasteiger partial charge in [-0.1, -0.05) is 0 Å². The molecule has 0 spiro atoms. The van der Waals surface area contributed by atoms with Crippen molar-refractivity contribution in [3.8, 4) is 0 Å². The average Bonchev–Trinajstić information content (AvgIpc) is 2.95. The van der Waals surface area contributed by atoms with Gasteiger partial charge in [0, 0.05) is 17.1 Å². The van der Waals surface area contributed by atoms with Crippen molar-refractivity contribution < 1.29 is 13.2 Å². The van der Waals surface area contributed by atoms with E-state index in [2.05, 4.69) is 20.8 Å². The number of fused-ring (bicyclic) bond motifs is 1. The van der Waals surface area contributed by atoms with E-state index in [0.29, 0.717) is 12.1 Å². The molecule has 1 aromatic heterocycles. The van der Waals surface area contributed by atoms with Crippen LogP contribution in [0, 0.1) is 0 Å². The van der Waals surface area contributed by atoms with Gasteiger partial charge in [-0.2, -0.15) is 5.10 Å². The molecule has 0 aliphatic carbocycles. The van der Waals surface area contributed by atoms with Gasteiger partial charge in [-0.05, 0) is 24.6 Å². The number of H-pyrrole nitrogens is 1. The van der Waals surface area contributed by atoms with Crippen molar-refractivity contribution in [1.82, 2.24) is 15.5 Å². The molecule has 1 aliphatic rings. The number of nitrogens with one attached hydrogen (secondary N) is 3. The number of hydrogen-bond acceptors (Lipinski definition) is 4. The lowest BCUT2D eigenvalue weighted by molar-refractivity contribution is 0.249. The van der Waals surface area contributed by atoms with E-state index in [1.807, 2.05) is 6.07 Å². The van der Waals surface area contributed by atoms with Crippen LogP contribution in [0.2, 0.25) is 0 Å². The molecule has 8 heteroatoms. The maximum absolute atomic E-state index is 11.8. The summed E-state index contributed by atoms with van der Waals surface area (Å²) in [7, 11) is -2.99. The monoisotopic (exact) mass is 294 g/mol. The van der Waals surface area contributed by atoms with Crippen molar-refractivity contribution in [3.05, 3.63) is 24.4 Å². The van der Waals surface area contributed by atoms with E-state index in [9.17, 15) is 13.2 Å². The maximum atomic E-state index is 11.8. The fourth-order valence-electron chi connectivity index (χ4n) is 2.28. The number of nitrogens with zero attached hydrogens (tertiary/aromatic N) is 1. The zero-order valence-electron chi connectivity index (χ0n) is 10.6. The standard InChI is InChI=1S/C12H14N4O3S/c17-12(15-10-3-4-20(18,19)7-10)14-9-2-1-8-6-13-16-11(8)5-9/h1-2,5-6,10H,3-4,7H2,(H,13,16)(H2,14,15,17). The van der Waals surface area contributed by atoms with Crippen molar-refractivity contribution in [3.63, 3.8) is 0 Å². The van der Waals surface area contributed by atoms with E-state index in [-0.39, 0.29) is 17.5 Å². The molecule has 2 aromatic rings. The molecule has 7 nitrogen and oxygen atoms in total. The summed E-state index contributed by atoms with van der Waals surface area (Å²) in [5, 5.41) is 13.0. The highest BCUT2D eigenvalue weighted by molar-refractivity contribution is 7.91. The maximum Gasteiger partial charge on any atom is 0.319 e. The Hall–Kier alpha value is -2.09. The predicted molar refractivity (Wildman–Crippen MR) is 75.3 cm³/mol. The lowest BCUT2D eigenvalue weighted by Gasteiger charge is -2.12. The molecule has 1 aliphatic heterocycles. The van der Waals surface area contributed by atoms with E-state index in [4.69, 9.17) is 0 Å². The highest BCUT2D eigenvalue weighted by atomic mass is 32.2. The molecule has 2 amide bonds. The number of carbonyl (C=O) groups is 1. The molecule has 0 saturated carbocycles. The molecular formula is C12H14N4O3S. The molecule has 1 aromatic carbocycles. The van der Waals surface area contributed by atoms with Crippen molar-refractivity contribution in [2.24, 2.45) is 0 Å². The number of rotatable bonds is 2. The van der Waals surface area contributed by atoms with Crippen molar-refractivity contribution >= 4 is 32.5 Å². The van der Waals surface area contributed by atoms with Gasteiger partial charge in [-0.25, -0.2) is 13.2 Å². The van der Waals surface area contributed by atoms with Crippen molar-refractivity contribution in [2.45, 2.75) is 12.5 Å². The second-order valence-corrected chi connectivity index (χ2v) is 7.10. The normalized spacial score (nSPS) is 20.9. The number of benzene rings is 1. The molecule has 0 radical (unpaired) electrons. The summed E-state index contributed by atoms with van der Waals surface area (Å²) >= 11 is 0. The highest BCUT2D eigenvalue weighted by Gasteiger charge is 2.28. The lowest BCUT2D eigenvalue weighted by Crippen LogP contribution is -2.38. The summed E-state index contributed by atoms with van der Waals surface area (Å²) in [5.74, 6) is 0.151. The average molecular weight is 294 g/mol. The topological polar surface area (TPSA) is 104 Å². The third-order valence-corrected chi connectivity index (χ3v) is 5.04. The fraction of sp³-hybridized carbons (Fsp3) is 0.333. The Morgan fingerprint density at radius 1 is 1.40 bits per heavy atom. The number of aromatic nitrogens is 2. The minimum absolute atomic E-state index is 0.0139. The van der Waals surface area contributed by atoms with E-state index in [1.165, 1.54) is 0 Å².